The highest BCUT2D eigenvalue weighted by molar-refractivity contribution is 7.91. The second-order valence-corrected chi connectivity index (χ2v) is 5.95. The predicted molar refractivity (Wildman–Crippen MR) is 52.4 cm³/mol. The van der Waals surface area contributed by atoms with Crippen molar-refractivity contribution < 1.29 is 31.9 Å². The average molecular weight is 271 g/mol. The van der Waals surface area contributed by atoms with Gasteiger partial charge in [0.05, 0.1) is 11.5 Å². The number of hydrogen-bond donors (Lipinski definition) is 1. The Kier molecular flexibility index (Phi) is 4.02. The number of carbonyl (C=O) groups is 2. The van der Waals surface area contributed by atoms with Crippen molar-refractivity contribution in [3.8, 4) is 0 Å². The summed E-state index contributed by atoms with van der Waals surface area (Å²) in [6, 6.07) is -0.974. The van der Waals surface area contributed by atoms with Crippen LogP contribution in [0.4, 0.5) is 8.78 Å². The Morgan fingerprint density at radius 3 is 2.35 bits per heavy atom. The number of carboxylic acid groups (broad SMARTS) is 1. The quantitative estimate of drug-likeness (QED) is 0.733. The van der Waals surface area contributed by atoms with Crippen LogP contribution in [-0.4, -0.2) is 60.8 Å². The van der Waals surface area contributed by atoms with Gasteiger partial charge in [0.1, 0.15) is 6.54 Å². The van der Waals surface area contributed by atoms with Gasteiger partial charge in [-0.2, -0.15) is 8.78 Å². The van der Waals surface area contributed by atoms with Gasteiger partial charge in [-0.15, -0.1) is 0 Å². The molecule has 1 N–H and O–H groups in total. The molecule has 1 saturated heterocycles. The van der Waals surface area contributed by atoms with E-state index in [9.17, 15) is 26.8 Å². The summed E-state index contributed by atoms with van der Waals surface area (Å²) in [5, 5.41) is 8.52. The maximum absolute atomic E-state index is 12.2. The van der Waals surface area contributed by atoms with Crippen molar-refractivity contribution in [2.45, 2.75) is 18.9 Å². The molecule has 1 aliphatic heterocycles. The molecule has 0 aromatic heterocycles. The van der Waals surface area contributed by atoms with Crippen LogP contribution in [0.5, 0.6) is 0 Å². The molecular formula is C8H11F2NO5S. The minimum atomic E-state index is -3.37. The number of hydrogen-bond acceptors (Lipinski definition) is 4. The van der Waals surface area contributed by atoms with Gasteiger partial charge in [0.25, 0.3) is 5.91 Å². The molecule has 0 aromatic carbocycles. The molecule has 0 radical (unpaired) electrons. The molecule has 1 heterocycles. The van der Waals surface area contributed by atoms with Crippen LogP contribution in [0.2, 0.25) is 0 Å². The maximum atomic E-state index is 12.2. The fraction of sp³-hybridized carbons (Fsp3) is 0.750. The van der Waals surface area contributed by atoms with Gasteiger partial charge in [-0.3, -0.25) is 9.59 Å². The maximum Gasteiger partial charge on any atom is 0.323 e. The summed E-state index contributed by atoms with van der Waals surface area (Å²) in [5.74, 6) is -3.78. The van der Waals surface area contributed by atoms with Crippen LogP contribution in [0.1, 0.15) is 6.42 Å². The first-order valence-electron chi connectivity index (χ1n) is 4.74. The molecule has 98 valence electrons. The van der Waals surface area contributed by atoms with Gasteiger partial charge in [0, 0.05) is 6.04 Å². The van der Waals surface area contributed by atoms with Crippen LogP contribution in [0.3, 0.4) is 0 Å². The van der Waals surface area contributed by atoms with E-state index in [1.807, 2.05) is 0 Å². The fourth-order valence-corrected chi connectivity index (χ4v) is 3.41. The normalized spacial score (nSPS) is 22.6. The van der Waals surface area contributed by atoms with E-state index in [2.05, 4.69) is 0 Å². The van der Waals surface area contributed by atoms with Gasteiger partial charge in [-0.1, -0.05) is 0 Å². The molecule has 0 aromatic rings. The van der Waals surface area contributed by atoms with E-state index in [0.717, 1.165) is 0 Å². The minimum Gasteiger partial charge on any atom is -0.480 e. The first-order chi connectivity index (χ1) is 7.73. The second kappa shape index (κ2) is 4.94. The van der Waals surface area contributed by atoms with Crippen LogP contribution in [-0.2, 0) is 19.4 Å². The minimum absolute atomic E-state index is 0.00588. The zero-order chi connectivity index (χ0) is 13.2. The van der Waals surface area contributed by atoms with E-state index < -0.39 is 46.5 Å². The smallest absolute Gasteiger partial charge is 0.323 e. The van der Waals surface area contributed by atoms with Gasteiger partial charge in [0.15, 0.2) is 9.84 Å². The molecule has 17 heavy (non-hydrogen) atoms. The average Bonchev–Trinajstić information content (AvgIpc) is 2.53. The number of carbonyl (C=O) groups excluding carboxylic acids is 1. The molecule has 1 amide bonds. The van der Waals surface area contributed by atoms with E-state index in [4.69, 9.17) is 5.11 Å². The number of rotatable bonds is 4. The largest absolute Gasteiger partial charge is 0.480 e. The molecule has 1 rings (SSSR count). The van der Waals surface area contributed by atoms with Crippen molar-refractivity contribution in [3.63, 3.8) is 0 Å². The van der Waals surface area contributed by atoms with Crippen LogP contribution in [0, 0.1) is 0 Å². The van der Waals surface area contributed by atoms with Crippen LogP contribution >= 0.6 is 0 Å². The van der Waals surface area contributed by atoms with Gasteiger partial charge >= 0.3 is 12.4 Å². The number of aliphatic carboxylic acids is 1. The number of amides is 1. The Balaban J connectivity index is 2.84. The van der Waals surface area contributed by atoms with Gasteiger partial charge in [-0.25, -0.2) is 8.42 Å². The summed E-state index contributed by atoms with van der Waals surface area (Å²) < 4.78 is 46.8. The molecule has 9 heteroatoms. The summed E-state index contributed by atoms with van der Waals surface area (Å²) >= 11 is 0. The molecule has 1 fully saturated rings. The lowest BCUT2D eigenvalue weighted by molar-refractivity contribution is -0.152. The van der Waals surface area contributed by atoms with Crippen LogP contribution < -0.4 is 0 Å². The molecule has 0 saturated carbocycles. The zero-order valence-electron chi connectivity index (χ0n) is 8.67. The lowest BCUT2D eigenvalue weighted by Gasteiger charge is -2.25. The standard InChI is InChI=1S/C8H11F2NO5S/c9-7(10)8(14)11(3-6(12)13)5-1-2-17(15,16)4-5/h5,7H,1-4H2,(H,12,13). The number of alkyl halides is 2. The van der Waals surface area contributed by atoms with E-state index >= 15 is 0 Å². The molecule has 0 spiro atoms. The van der Waals surface area contributed by atoms with Crippen LogP contribution in [0.25, 0.3) is 0 Å². The Labute approximate surface area is 96.1 Å². The third-order valence-electron chi connectivity index (χ3n) is 2.42. The number of nitrogens with zero attached hydrogens (tertiary/aromatic N) is 1. The van der Waals surface area contributed by atoms with E-state index in [-0.39, 0.29) is 12.2 Å². The van der Waals surface area contributed by atoms with Crippen molar-refractivity contribution >= 4 is 21.7 Å². The van der Waals surface area contributed by atoms with Crippen molar-refractivity contribution in [1.29, 1.82) is 0 Å². The third kappa shape index (κ3) is 3.62. The summed E-state index contributed by atoms with van der Waals surface area (Å²) in [5.41, 5.74) is 0. The van der Waals surface area contributed by atoms with Gasteiger partial charge in [-0.05, 0) is 6.42 Å². The summed E-state index contributed by atoms with van der Waals surface area (Å²) in [7, 11) is -3.37. The number of halogens is 2. The van der Waals surface area contributed by atoms with Gasteiger partial charge in [0.2, 0.25) is 0 Å². The predicted octanol–water partition coefficient (Wildman–Crippen LogP) is -0.648. The highest BCUT2D eigenvalue weighted by Crippen LogP contribution is 2.19. The molecule has 1 aliphatic rings. The Morgan fingerprint density at radius 2 is 2.00 bits per heavy atom. The van der Waals surface area contributed by atoms with Crippen molar-refractivity contribution in [3.05, 3.63) is 0 Å². The van der Waals surface area contributed by atoms with Gasteiger partial charge < -0.3 is 10.0 Å². The van der Waals surface area contributed by atoms with E-state index in [1.165, 1.54) is 0 Å². The zero-order valence-corrected chi connectivity index (χ0v) is 9.49. The SMILES string of the molecule is O=C(O)CN(C(=O)C(F)F)C1CCS(=O)(=O)C1. The summed E-state index contributed by atoms with van der Waals surface area (Å²) in [4.78, 5) is 22.0. The molecule has 1 atom stereocenters. The first kappa shape index (κ1) is 13.8. The Bertz CT molecular complexity index is 422. The van der Waals surface area contributed by atoms with E-state index in [1.54, 1.807) is 0 Å². The highest BCUT2D eigenvalue weighted by atomic mass is 32.2. The lowest BCUT2D eigenvalue weighted by atomic mass is 10.2. The molecule has 1 unspecified atom stereocenters. The van der Waals surface area contributed by atoms with Crippen molar-refractivity contribution in [2.75, 3.05) is 18.1 Å². The Morgan fingerprint density at radius 1 is 1.41 bits per heavy atom. The number of carboxylic acids is 1. The van der Waals surface area contributed by atoms with E-state index in [0.29, 0.717) is 4.90 Å². The monoisotopic (exact) mass is 271 g/mol. The topological polar surface area (TPSA) is 91.8 Å². The lowest BCUT2D eigenvalue weighted by Crippen LogP contribution is -2.46. The first-order valence-corrected chi connectivity index (χ1v) is 6.56. The fourth-order valence-electron chi connectivity index (χ4n) is 1.68. The van der Waals surface area contributed by atoms with Crippen LogP contribution in [0.15, 0.2) is 0 Å². The Hall–Kier alpha value is -1.25. The third-order valence-corrected chi connectivity index (χ3v) is 4.17. The summed E-state index contributed by atoms with van der Waals surface area (Å²) in [6.45, 7) is -0.913. The molecular weight excluding hydrogens is 260 g/mol. The van der Waals surface area contributed by atoms with Crippen molar-refractivity contribution in [2.24, 2.45) is 0 Å². The van der Waals surface area contributed by atoms with Crippen molar-refractivity contribution in [1.82, 2.24) is 4.90 Å². The summed E-state index contributed by atoms with van der Waals surface area (Å²) in [6.07, 6.45) is -3.34. The number of sulfone groups is 1. The highest BCUT2D eigenvalue weighted by Gasteiger charge is 2.38. The second-order valence-electron chi connectivity index (χ2n) is 3.72. The molecule has 0 aliphatic carbocycles. The molecule has 0 bridgehead atoms. The molecule has 6 nitrogen and oxygen atoms in total.